The van der Waals surface area contributed by atoms with E-state index in [1.54, 1.807) is 11.0 Å². The van der Waals surface area contributed by atoms with E-state index < -0.39 is 0 Å². The fourth-order valence-corrected chi connectivity index (χ4v) is 3.26. The number of benzene rings is 2. The molecule has 2 N–H and O–H groups in total. The summed E-state index contributed by atoms with van der Waals surface area (Å²) in [6.07, 6.45) is 0.277. The van der Waals surface area contributed by atoms with Crippen LogP contribution in [0.5, 0.6) is 5.75 Å². The second-order valence-corrected chi connectivity index (χ2v) is 6.86. The van der Waals surface area contributed by atoms with Gasteiger partial charge < -0.3 is 20.3 Å². The molecule has 26 heavy (non-hydrogen) atoms. The van der Waals surface area contributed by atoms with Crippen LogP contribution in [0.2, 0.25) is 0 Å². The van der Waals surface area contributed by atoms with E-state index in [1.807, 2.05) is 49.4 Å². The highest BCUT2D eigenvalue weighted by atomic mass is 79.9. The van der Waals surface area contributed by atoms with E-state index in [0.29, 0.717) is 18.8 Å². The molecule has 3 rings (SSSR count). The van der Waals surface area contributed by atoms with Crippen LogP contribution in [0.4, 0.5) is 16.2 Å². The molecule has 0 unspecified atom stereocenters. The van der Waals surface area contributed by atoms with Gasteiger partial charge in [0.25, 0.3) is 0 Å². The van der Waals surface area contributed by atoms with E-state index >= 15 is 0 Å². The van der Waals surface area contributed by atoms with Gasteiger partial charge in [0.15, 0.2) is 0 Å². The topological polar surface area (TPSA) is 70.7 Å². The lowest BCUT2D eigenvalue weighted by Gasteiger charge is -2.18. The van der Waals surface area contributed by atoms with Crippen LogP contribution < -0.4 is 20.3 Å². The van der Waals surface area contributed by atoms with Gasteiger partial charge in [0.05, 0.1) is 12.6 Å². The van der Waals surface area contributed by atoms with Crippen molar-refractivity contribution in [2.75, 3.05) is 23.4 Å². The summed E-state index contributed by atoms with van der Waals surface area (Å²) in [6.45, 7) is 2.97. The van der Waals surface area contributed by atoms with Gasteiger partial charge in [-0.15, -0.1) is 0 Å². The average Bonchev–Trinajstić information content (AvgIpc) is 2.96. The van der Waals surface area contributed by atoms with Crippen LogP contribution >= 0.6 is 15.9 Å². The number of halogens is 1. The Labute approximate surface area is 160 Å². The summed E-state index contributed by atoms with van der Waals surface area (Å²) in [5, 5.41) is 5.63. The molecule has 1 fully saturated rings. The first-order valence-corrected chi connectivity index (χ1v) is 9.21. The molecule has 7 heteroatoms. The highest BCUT2D eigenvalue weighted by Crippen LogP contribution is 2.24. The lowest BCUT2D eigenvalue weighted by molar-refractivity contribution is -0.117. The number of amides is 3. The minimum absolute atomic E-state index is 0.0121. The molecule has 6 nitrogen and oxygen atoms in total. The first-order valence-electron chi connectivity index (χ1n) is 8.41. The van der Waals surface area contributed by atoms with E-state index in [0.717, 1.165) is 15.9 Å². The number of carbonyl (C=O) groups excluding carboxylic acids is 2. The van der Waals surface area contributed by atoms with Gasteiger partial charge in [-0.25, -0.2) is 4.79 Å². The Bertz CT molecular complexity index is 795. The molecule has 1 saturated heterocycles. The summed E-state index contributed by atoms with van der Waals surface area (Å²) >= 11 is 3.36. The van der Waals surface area contributed by atoms with Gasteiger partial charge in [-0.3, -0.25) is 4.79 Å². The molecule has 0 aliphatic carbocycles. The maximum atomic E-state index is 12.3. The number of nitrogens with one attached hydrogen (secondary N) is 2. The Morgan fingerprint density at radius 2 is 2.04 bits per heavy atom. The summed E-state index contributed by atoms with van der Waals surface area (Å²) in [5.41, 5.74) is 1.49. The highest BCUT2D eigenvalue weighted by molar-refractivity contribution is 9.10. The zero-order valence-electron chi connectivity index (χ0n) is 14.4. The van der Waals surface area contributed by atoms with Crippen molar-refractivity contribution in [2.45, 2.75) is 19.4 Å². The summed E-state index contributed by atoms with van der Waals surface area (Å²) in [7, 11) is 0. The smallest absolute Gasteiger partial charge is 0.319 e. The van der Waals surface area contributed by atoms with E-state index in [9.17, 15) is 9.59 Å². The standard InChI is InChI=1S/C19H20BrN3O3/c1-2-26-17-8-6-16(7-9-17)23-12-15(11-18(23)24)22-19(25)21-14-5-3-4-13(20)10-14/h3-10,15H,2,11-12H2,1H3,(H2,21,22,25)/t15-/m1/s1. The minimum atomic E-state index is -0.325. The number of hydrogen-bond donors (Lipinski definition) is 2. The van der Waals surface area contributed by atoms with Gasteiger partial charge in [0.2, 0.25) is 5.91 Å². The van der Waals surface area contributed by atoms with Gasteiger partial charge in [0.1, 0.15) is 5.75 Å². The molecule has 0 bridgehead atoms. The quantitative estimate of drug-likeness (QED) is 0.777. The molecule has 0 saturated carbocycles. The van der Waals surface area contributed by atoms with E-state index in [4.69, 9.17) is 4.74 Å². The third kappa shape index (κ3) is 4.54. The monoisotopic (exact) mass is 417 g/mol. The number of nitrogens with zero attached hydrogens (tertiary/aromatic N) is 1. The van der Waals surface area contributed by atoms with E-state index in [2.05, 4.69) is 26.6 Å². The molecule has 2 aromatic rings. The molecule has 1 heterocycles. The molecule has 0 aromatic heterocycles. The van der Waals surface area contributed by atoms with Crippen molar-refractivity contribution in [2.24, 2.45) is 0 Å². The van der Waals surface area contributed by atoms with Crippen molar-refractivity contribution in [1.82, 2.24) is 5.32 Å². The molecule has 3 amide bonds. The molecule has 0 radical (unpaired) electrons. The number of urea groups is 1. The van der Waals surface area contributed by atoms with Crippen LogP contribution in [0, 0.1) is 0 Å². The number of ether oxygens (including phenoxy) is 1. The van der Waals surface area contributed by atoms with Crippen molar-refractivity contribution in [3.63, 3.8) is 0 Å². The molecular weight excluding hydrogens is 398 g/mol. The predicted molar refractivity (Wildman–Crippen MR) is 105 cm³/mol. The Hall–Kier alpha value is -2.54. The second kappa shape index (κ2) is 8.23. The maximum absolute atomic E-state index is 12.3. The lowest BCUT2D eigenvalue weighted by atomic mass is 10.2. The molecular formula is C19H20BrN3O3. The fraction of sp³-hybridized carbons (Fsp3) is 0.263. The third-order valence-electron chi connectivity index (χ3n) is 4.00. The van der Waals surface area contributed by atoms with Crippen molar-refractivity contribution >= 4 is 39.2 Å². The zero-order chi connectivity index (χ0) is 18.5. The number of rotatable bonds is 5. The fourth-order valence-electron chi connectivity index (χ4n) is 2.86. The van der Waals surface area contributed by atoms with Crippen LogP contribution in [0.25, 0.3) is 0 Å². The molecule has 2 aromatic carbocycles. The Morgan fingerprint density at radius 3 is 2.73 bits per heavy atom. The van der Waals surface area contributed by atoms with Gasteiger partial charge in [0, 0.05) is 28.8 Å². The van der Waals surface area contributed by atoms with Crippen molar-refractivity contribution in [3.05, 3.63) is 53.0 Å². The molecule has 136 valence electrons. The van der Waals surface area contributed by atoms with E-state index in [1.165, 1.54) is 0 Å². The third-order valence-corrected chi connectivity index (χ3v) is 4.50. The van der Waals surface area contributed by atoms with Gasteiger partial charge >= 0.3 is 6.03 Å². The largest absolute Gasteiger partial charge is 0.494 e. The number of anilines is 2. The van der Waals surface area contributed by atoms with Crippen LogP contribution in [0.15, 0.2) is 53.0 Å². The SMILES string of the molecule is CCOc1ccc(N2C[C@H](NC(=O)Nc3cccc(Br)c3)CC2=O)cc1. The van der Waals surface area contributed by atoms with Gasteiger partial charge in [-0.05, 0) is 49.4 Å². The first-order chi connectivity index (χ1) is 12.5. The zero-order valence-corrected chi connectivity index (χ0v) is 16.0. The summed E-state index contributed by atoms with van der Waals surface area (Å²) in [4.78, 5) is 26.1. The van der Waals surface area contributed by atoms with Gasteiger partial charge in [-0.2, -0.15) is 0 Å². The summed E-state index contributed by atoms with van der Waals surface area (Å²) in [6, 6.07) is 14.2. The average molecular weight is 418 g/mol. The lowest BCUT2D eigenvalue weighted by Crippen LogP contribution is -2.39. The van der Waals surface area contributed by atoms with Crippen molar-refractivity contribution in [1.29, 1.82) is 0 Å². The first kappa shape index (κ1) is 18.3. The van der Waals surface area contributed by atoms with Gasteiger partial charge in [-0.1, -0.05) is 22.0 Å². The van der Waals surface area contributed by atoms with Crippen molar-refractivity contribution in [3.8, 4) is 5.75 Å². The minimum Gasteiger partial charge on any atom is -0.494 e. The Balaban J connectivity index is 1.58. The number of hydrogen-bond acceptors (Lipinski definition) is 3. The van der Waals surface area contributed by atoms with Crippen LogP contribution in [0.1, 0.15) is 13.3 Å². The van der Waals surface area contributed by atoms with Crippen LogP contribution in [-0.2, 0) is 4.79 Å². The summed E-state index contributed by atoms with van der Waals surface area (Å²) < 4.78 is 6.30. The summed E-state index contributed by atoms with van der Waals surface area (Å²) in [5.74, 6) is 0.757. The molecule has 0 spiro atoms. The van der Waals surface area contributed by atoms with Crippen LogP contribution in [0.3, 0.4) is 0 Å². The Morgan fingerprint density at radius 1 is 1.27 bits per heavy atom. The predicted octanol–water partition coefficient (Wildman–Crippen LogP) is 3.77. The van der Waals surface area contributed by atoms with E-state index in [-0.39, 0.29) is 24.4 Å². The molecule has 1 aliphatic rings. The highest BCUT2D eigenvalue weighted by Gasteiger charge is 2.31. The maximum Gasteiger partial charge on any atom is 0.319 e. The molecule has 1 aliphatic heterocycles. The molecule has 1 atom stereocenters. The normalized spacial score (nSPS) is 16.5. The second-order valence-electron chi connectivity index (χ2n) is 5.94. The number of carbonyl (C=O) groups is 2. The van der Waals surface area contributed by atoms with Crippen LogP contribution in [-0.4, -0.2) is 31.1 Å². The Kier molecular flexibility index (Phi) is 5.78. The van der Waals surface area contributed by atoms with Crippen molar-refractivity contribution < 1.29 is 14.3 Å².